The lowest BCUT2D eigenvalue weighted by Gasteiger charge is -2.40. The zero-order chi connectivity index (χ0) is 14.0. The van der Waals surface area contributed by atoms with E-state index in [9.17, 15) is 14.7 Å². The third-order valence-corrected chi connectivity index (χ3v) is 5.10. The van der Waals surface area contributed by atoms with Gasteiger partial charge in [-0.1, -0.05) is 12.2 Å². The van der Waals surface area contributed by atoms with Crippen molar-refractivity contribution in [3.63, 3.8) is 0 Å². The van der Waals surface area contributed by atoms with E-state index in [0.29, 0.717) is 19.4 Å². The SMILES string of the molecule is CC1(C)CN(C(=O)[C@@H]2CC=CC[C@@H]2C(=O)O)CCS1. The van der Waals surface area contributed by atoms with E-state index >= 15 is 0 Å². The van der Waals surface area contributed by atoms with Crippen molar-refractivity contribution in [2.45, 2.75) is 31.4 Å². The van der Waals surface area contributed by atoms with Crippen LogP contribution in [0.4, 0.5) is 0 Å². The minimum atomic E-state index is -0.853. The van der Waals surface area contributed by atoms with Crippen LogP contribution in [0.15, 0.2) is 12.2 Å². The fourth-order valence-corrected chi connectivity index (χ4v) is 3.91. The Morgan fingerprint density at radius 2 is 1.89 bits per heavy atom. The largest absolute Gasteiger partial charge is 0.481 e. The lowest BCUT2D eigenvalue weighted by Crippen LogP contribution is -2.50. The van der Waals surface area contributed by atoms with Gasteiger partial charge in [-0.15, -0.1) is 0 Å². The zero-order valence-electron chi connectivity index (χ0n) is 11.5. The molecule has 0 bridgehead atoms. The number of carbonyl (C=O) groups is 2. The molecule has 2 atom stereocenters. The quantitative estimate of drug-likeness (QED) is 0.788. The van der Waals surface area contributed by atoms with Crippen LogP contribution >= 0.6 is 11.8 Å². The number of hydrogen-bond acceptors (Lipinski definition) is 3. The molecular formula is C14H21NO3S. The van der Waals surface area contributed by atoms with Crippen molar-refractivity contribution in [1.29, 1.82) is 0 Å². The predicted molar refractivity (Wildman–Crippen MR) is 76.1 cm³/mol. The molecule has 4 nitrogen and oxygen atoms in total. The predicted octanol–water partition coefficient (Wildman–Crippen LogP) is 2.01. The topological polar surface area (TPSA) is 57.6 Å². The first-order valence-electron chi connectivity index (χ1n) is 6.71. The second-order valence-corrected chi connectivity index (χ2v) is 7.66. The lowest BCUT2D eigenvalue weighted by molar-refractivity contribution is -0.150. The van der Waals surface area contributed by atoms with E-state index in [-0.39, 0.29) is 16.6 Å². The Hall–Kier alpha value is -0.970. The van der Waals surface area contributed by atoms with Crippen LogP contribution in [-0.2, 0) is 9.59 Å². The van der Waals surface area contributed by atoms with E-state index < -0.39 is 11.9 Å². The Morgan fingerprint density at radius 3 is 2.47 bits per heavy atom. The molecule has 1 aliphatic carbocycles. The molecule has 0 saturated carbocycles. The molecule has 0 aromatic rings. The van der Waals surface area contributed by atoms with Gasteiger partial charge >= 0.3 is 5.97 Å². The molecule has 0 radical (unpaired) electrons. The molecular weight excluding hydrogens is 262 g/mol. The molecule has 5 heteroatoms. The number of nitrogens with zero attached hydrogens (tertiary/aromatic N) is 1. The first-order chi connectivity index (χ1) is 8.91. The molecule has 2 rings (SSSR count). The molecule has 1 aliphatic heterocycles. The van der Waals surface area contributed by atoms with Gasteiger partial charge in [0.25, 0.3) is 0 Å². The van der Waals surface area contributed by atoms with Gasteiger partial charge < -0.3 is 10.0 Å². The van der Waals surface area contributed by atoms with Crippen LogP contribution in [0.2, 0.25) is 0 Å². The summed E-state index contributed by atoms with van der Waals surface area (Å²) in [4.78, 5) is 25.7. The van der Waals surface area contributed by atoms with Gasteiger partial charge in [-0.3, -0.25) is 9.59 Å². The van der Waals surface area contributed by atoms with E-state index in [2.05, 4.69) is 13.8 Å². The van der Waals surface area contributed by atoms with Crippen LogP contribution in [0.1, 0.15) is 26.7 Å². The van der Waals surface area contributed by atoms with Crippen molar-refractivity contribution in [3.05, 3.63) is 12.2 Å². The molecule has 1 fully saturated rings. The van der Waals surface area contributed by atoms with E-state index in [1.807, 2.05) is 28.8 Å². The van der Waals surface area contributed by atoms with Crippen molar-refractivity contribution < 1.29 is 14.7 Å². The third-order valence-electron chi connectivity index (χ3n) is 3.80. The van der Waals surface area contributed by atoms with Crippen LogP contribution in [0.5, 0.6) is 0 Å². The Morgan fingerprint density at radius 1 is 1.26 bits per heavy atom. The Bertz CT molecular complexity index is 405. The van der Waals surface area contributed by atoms with E-state index in [0.717, 1.165) is 12.3 Å². The number of amides is 1. The second kappa shape index (κ2) is 5.57. The second-order valence-electron chi connectivity index (χ2n) is 5.86. The molecule has 1 heterocycles. The number of thioether (sulfide) groups is 1. The standard InChI is InChI=1S/C14H21NO3S/c1-14(2)9-15(7-8-19-14)12(16)10-5-3-4-6-11(10)13(17)18/h3-4,10-11H,5-9H2,1-2H3,(H,17,18)/t10-,11+/m1/s1. The maximum Gasteiger partial charge on any atom is 0.307 e. The third kappa shape index (κ3) is 3.32. The summed E-state index contributed by atoms with van der Waals surface area (Å²) in [5.41, 5.74) is 0. The monoisotopic (exact) mass is 283 g/mol. The zero-order valence-corrected chi connectivity index (χ0v) is 12.3. The summed E-state index contributed by atoms with van der Waals surface area (Å²) in [5, 5.41) is 9.25. The summed E-state index contributed by atoms with van der Waals surface area (Å²) >= 11 is 1.87. The molecule has 106 valence electrons. The van der Waals surface area contributed by atoms with E-state index in [1.165, 1.54) is 0 Å². The summed E-state index contributed by atoms with van der Waals surface area (Å²) in [7, 11) is 0. The first kappa shape index (κ1) is 14.4. The molecule has 19 heavy (non-hydrogen) atoms. The molecule has 1 saturated heterocycles. The molecule has 0 aromatic carbocycles. The average molecular weight is 283 g/mol. The van der Waals surface area contributed by atoms with E-state index in [1.54, 1.807) is 0 Å². The Balaban J connectivity index is 2.09. The highest BCUT2D eigenvalue weighted by Gasteiger charge is 2.39. The van der Waals surface area contributed by atoms with Crippen molar-refractivity contribution in [3.8, 4) is 0 Å². The fourth-order valence-electron chi connectivity index (χ4n) is 2.80. The fraction of sp³-hybridized carbons (Fsp3) is 0.714. The van der Waals surface area contributed by atoms with Gasteiger partial charge in [0.2, 0.25) is 5.91 Å². The van der Waals surface area contributed by atoms with Gasteiger partial charge in [-0.05, 0) is 26.7 Å². The summed E-state index contributed by atoms with van der Waals surface area (Å²) in [6, 6.07) is 0. The molecule has 1 amide bonds. The number of carbonyl (C=O) groups excluding carboxylic acids is 1. The minimum Gasteiger partial charge on any atom is -0.481 e. The van der Waals surface area contributed by atoms with Crippen LogP contribution in [0.3, 0.4) is 0 Å². The van der Waals surface area contributed by atoms with Crippen molar-refractivity contribution in [2.24, 2.45) is 11.8 Å². The molecule has 1 N–H and O–H groups in total. The van der Waals surface area contributed by atoms with Crippen LogP contribution in [0, 0.1) is 11.8 Å². The number of carboxylic acids is 1. The highest BCUT2D eigenvalue weighted by atomic mass is 32.2. The number of allylic oxidation sites excluding steroid dienone is 2. The number of aliphatic carboxylic acids is 1. The van der Waals surface area contributed by atoms with Gasteiger partial charge in [-0.2, -0.15) is 11.8 Å². The maximum atomic E-state index is 12.6. The van der Waals surface area contributed by atoms with Crippen molar-refractivity contribution >= 4 is 23.6 Å². The summed E-state index contributed by atoms with van der Waals surface area (Å²) < 4.78 is 0.0666. The summed E-state index contributed by atoms with van der Waals surface area (Å²) in [6.07, 6.45) is 4.84. The van der Waals surface area contributed by atoms with Crippen LogP contribution in [-0.4, -0.2) is 45.5 Å². The summed E-state index contributed by atoms with van der Waals surface area (Å²) in [5.74, 6) is -0.853. The van der Waals surface area contributed by atoms with Crippen LogP contribution < -0.4 is 0 Å². The molecule has 0 unspecified atom stereocenters. The summed E-state index contributed by atoms with van der Waals surface area (Å²) in [6.45, 7) is 5.71. The van der Waals surface area contributed by atoms with E-state index in [4.69, 9.17) is 0 Å². The normalized spacial score (nSPS) is 30.1. The number of carboxylic acid groups (broad SMARTS) is 1. The molecule has 0 aromatic heterocycles. The minimum absolute atomic E-state index is 0.0186. The highest BCUT2D eigenvalue weighted by Crippen LogP contribution is 2.33. The number of rotatable bonds is 2. The van der Waals surface area contributed by atoms with Gasteiger partial charge in [0.05, 0.1) is 11.8 Å². The average Bonchev–Trinajstić information content (AvgIpc) is 2.36. The molecule has 2 aliphatic rings. The lowest BCUT2D eigenvalue weighted by atomic mass is 9.82. The van der Waals surface area contributed by atoms with Gasteiger partial charge in [0.1, 0.15) is 0 Å². The van der Waals surface area contributed by atoms with Crippen molar-refractivity contribution in [2.75, 3.05) is 18.8 Å². The Labute approximate surface area is 118 Å². The number of hydrogen-bond donors (Lipinski definition) is 1. The van der Waals surface area contributed by atoms with Gasteiger partial charge in [0.15, 0.2) is 0 Å². The van der Waals surface area contributed by atoms with Gasteiger partial charge in [-0.25, -0.2) is 0 Å². The smallest absolute Gasteiger partial charge is 0.307 e. The van der Waals surface area contributed by atoms with Gasteiger partial charge in [0, 0.05) is 23.6 Å². The maximum absolute atomic E-state index is 12.6. The highest BCUT2D eigenvalue weighted by molar-refractivity contribution is 8.00. The van der Waals surface area contributed by atoms with Crippen molar-refractivity contribution in [1.82, 2.24) is 4.90 Å². The molecule has 0 spiro atoms. The Kier molecular flexibility index (Phi) is 4.23. The first-order valence-corrected chi connectivity index (χ1v) is 7.70. The van der Waals surface area contributed by atoms with Crippen LogP contribution in [0.25, 0.3) is 0 Å².